The molecule has 31 heavy (non-hydrogen) atoms. The lowest BCUT2D eigenvalue weighted by atomic mass is 9.94. The van der Waals surface area contributed by atoms with E-state index < -0.39 is 0 Å². The van der Waals surface area contributed by atoms with Crippen molar-refractivity contribution in [1.82, 2.24) is 0 Å². The lowest BCUT2D eigenvalue weighted by Gasteiger charge is -2.11. The molecule has 5 aromatic carbocycles. The molecule has 0 radical (unpaired) electrons. The first-order valence-corrected chi connectivity index (χ1v) is 10.7. The lowest BCUT2D eigenvalue weighted by Crippen LogP contribution is -1.86. The highest BCUT2D eigenvalue weighted by atomic mass is 14.1. The van der Waals surface area contributed by atoms with Crippen molar-refractivity contribution in [2.45, 2.75) is 6.92 Å². The first-order chi connectivity index (χ1) is 15.3. The van der Waals surface area contributed by atoms with E-state index in [-0.39, 0.29) is 0 Å². The molecule has 0 fully saturated rings. The Labute approximate surface area is 184 Å². The molecule has 0 aliphatic carbocycles. The van der Waals surface area contributed by atoms with Gasteiger partial charge in [0.15, 0.2) is 0 Å². The van der Waals surface area contributed by atoms with E-state index in [1.165, 1.54) is 50.1 Å². The van der Waals surface area contributed by atoms with Gasteiger partial charge in [-0.15, -0.1) is 0 Å². The van der Waals surface area contributed by atoms with Gasteiger partial charge in [0.1, 0.15) is 0 Å². The topological polar surface area (TPSA) is 0 Å². The Morgan fingerprint density at radius 1 is 0.290 bits per heavy atom. The molecule has 0 N–H and O–H groups in total. The number of hydrogen-bond acceptors (Lipinski definition) is 0. The maximum Gasteiger partial charge on any atom is -0.0175 e. The molecular weight excluding hydrogens is 372 g/mol. The Kier molecular flexibility index (Phi) is 5.21. The maximum absolute atomic E-state index is 2.29. The molecule has 0 heteroatoms. The third-order valence-corrected chi connectivity index (χ3v) is 5.71. The van der Waals surface area contributed by atoms with Crippen molar-refractivity contribution in [2.75, 3.05) is 0 Å². The Bertz CT molecular complexity index is 1300. The van der Waals surface area contributed by atoms with Crippen LogP contribution in [0.3, 0.4) is 0 Å². The van der Waals surface area contributed by atoms with E-state index >= 15 is 0 Å². The van der Waals surface area contributed by atoms with Gasteiger partial charge in [0.25, 0.3) is 0 Å². The molecule has 5 rings (SSSR count). The van der Waals surface area contributed by atoms with Crippen LogP contribution in [-0.4, -0.2) is 0 Å². The minimum atomic E-state index is 1.23. The summed E-state index contributed by atoms with van der Waals surface area (Å²) in [5, 5.41) is 0. The lowest BCUT2D eigenvalue weighted by molar-refractivity contribution is 1.46. The fourth-order valence-electron chi connectivity index (χ4n) is 4.11. The largest absolute Gasteiger partial charge is 0.0622 e. The van der Waals surface area contributed by atoms with Crippen LogP contribution in [0.15, 0.2) is 127 Å². The van der Waals surface area contributed by atoms with Crippen LogP contribution in [0, 0.1) is 6.92 Å². The van der Waals surface area contributed by atoms with Gasteiger partial charge in [-0.2, -0.15) is 0 Å². The minimum Gasteiger partial charge on any atom is -0.0622 e. The molecule has 0 nitrogen and oxygen atoms in total. The van der Waals surface area contributed by atoms with Gasteiger partial charge in [0.05, 0.1) is 0 Å². The smallest absolute Gasteiger partial charge is 0.0175 e. The summed E-state index contributed by atoms with van der Waals surface area (Å²) in [7, 11) is 0. The van der Waals surface area contributed by atoms with Crippen LogP contribution in [0.25, 0.3) is 44.5 Å². The van der Waals surface area contributed by atoms with Gasteiger partial charge in [0, 0.05) is 0 Å². The Morgan fingerprint density at radius 2 is 0.645 bits per heavy atom. The first-order valence-electron chi connectivity index (χ1n) is 10.7. The second-order valence-electron chi connectivity index (χ2n) is 7.98. The molecule has 0 aliphatic rings. The zero-order valence-corrected chi connectivity index (χ0v) is 17.6. The Morgan fingerprint density at radius 3 is 1.23 bits per heavy atom. The third kappa shape index (κ3) is 4.20. The van der Waals surface area contributed by atoms with E-state index in [1.54, 1.807) is 0 Å². The van der Waals surface area contributed by atoms with E-state index in [0.717, 1.165) is 0 Å². The third-order valence-electron chi connectivity index (χ3n) is 5.71. The van der Waals surface area contributed by atoms with E-state index in [0.29, 0.717) is 0 Å². The average molecular weight is 397 g/mol. The molecule has 0 atom stereocenters. The summed E-state index contributed by atoms with van der Waals surface area (Å²) >= 11 is 0. The van der Waals surface area contributed by atoms with Crippen LogP contribution in [-0.2, 0) is 0 Å². The highest BCUT2D eigenvalue weighted by Crippen LogP contribution is 2.31. The van der Waals surface area contributed by atoms with E-state index in [1.807, 2.05) is 0 Å². The van der Waals surface area contributed by atoms with Crippen LogP contribution >= 0.6 is 0 Å². The van der Waals surface area contributed by atoms with Crippen LogP contribution in [0.4, 0.5) is 0 Å². The Balaban J connectivity index is 1.49. The summed E-state index contributed by atoms with van der Waals surface area (Å²) in [6.07, 6.45) is 0. The van der Waals surface area contributed by atoms with E-state index in [2.05, 4.69) is 134 Å². The molecule has 0 spiro atoms. The van der Waals surface area contributed by atoms with Crippen molar-refractivity contribution in [2.24, 2.45) is 0 Å². The predicted molar refractivity (Wildman–Crippen MR) is 133 cm³/mol. The van der Waals surface area contributed by atoms with Crippen molar-refractivity contribution >= 4 is 0 Å². The summed E-state index contributed by atoms with van der Waals surface area (Å²) in [5.41, 5.74) is 11.2. The fourth-order valence-corrected chi connectivity index (χ4v) is 4.11. The summed E-state index contributed by atoms with van der Waals surface area (Å²) in [6, 6.07) is 45.6. The highest BCUT2D eigenvalue weighted by Gasteiger charge is 2.06. The molecule has 0 unspecified atom stereocenters. The van der Waals surface area contributed by atoms with Gasteiger partial charge >= 0.3 is 0 Å². The zero-order chi connectivity index (χ0) is 21.0. The minimum absolute atomic E-state index is 1.23. The van der Waals surface area contributed by atoms with Crippen molar-refractivity contribution in [1.29, 1.82) is 0 Å². The van der Waals surface area contributed by atoms with E-state index in [9.17, 15) is 0 Å². The van der Waals surface area contributed by atoms with Gasteiger partial charge in [-0.05, 0) is 69.1 Å². The SMILES string of the molecule is Cc1cc(-c2ccccc2)cc(-c2cccc(-c3ccc(-c4ccccc4)cc3)c2)c1. The van der Waals surface area contributed by atoms with Gasteiger partial charge in [-0.3, -0.25) is 0 Å². The molecule has 0 saturated heterocycles. The second kappa shape index (κ2) is 8.45. The Hall–Kier alpha value is -3.90. The molecule has 0 saturated carbocycles. The van der Waals surface area contributed by atoms with Crippen LogP contribution < -0.4 is 0 Å². The molecule has 5 aromatic rings. The van der Waals surface area contributed by atoms with Gasteiger partial charge in [-0.1, -0.05) is 115 Å². The summed E-state index contributed by atoms with van der Waals surface area (Å²) < 4.78 is 0. The number of hydrogen-bond donors (Lipinski definition) is 0. The van der Waals surface area contributed by atoms with Crippen molar-refractivity contribution in [3.05, 3.63) is 133 Å². The van der Waals surface area contributed by atoms with Crippen LogP contribution in [0.5, 0.6) is 0 Å². The van der Waals surface area contributed by atoms with Gasteiger partial charge in [-0.25, -0.2) is 0 Å². The summed E-state index contributed by atoms with van der Waals surface area (Å²) in [4.78, 5) is 0. The zero-order valence-electron chi connectivity index (χ0n) is 17.6. The average Bonchev–Trinajstić information content (AvgIpc) is 2.85. The summed E-state index contributed by atoms with van der Waals surface area (Å²) in [5.74, 6) is 0. The molecule has 0 aromatic heterocycles. The molecule has 0 heterocycles. The van der Waals surface area contributed by atoms with Crippen molar-refractivity contribution in [3.8, 4) is 44.5 Å². The van der Waals surface area contributed by atoms with Gasteiger partial charge < -0.3 is 0 Å². The quantitative estimate of drug-likeness (QED) is 0.285. The van der Waals surface area contributed by atoms with Crippen molar-refractivity contribution < 1.29 is 0 Å². The summed E-state index contributed by atoms with van der Waals surface area (Å²) in [6.45, 7) is 2.17. The molecule has 0 bridgehead atoms. The normalized spacial score (nSPS) is 10.7. The van der Waals surface area contributed by atoms with Crippen molar-refractivity contribution in [3.63, 3.8) is 0 Å². The standard InChI is InChI=1S/C31H24/c1-23-19-30(25-11-6-3-7-12-25)22-31(20-23)29-14-8-13-28(21-29)27-17-15-26(16-18-27)24-9-4-2-5-10-24/h2-22H,1H3. The van der Waals surface area contributed by atoms with E-state index in [4.69, 9.17) is 0 Å². The molecule has 0 amide bonds. The second-order valence-corrected chi connectivity index (χ2v) is 7.98. The van der Waals surface area contributed by atoms with Crippen LogP contribution in [0.1, 0.15) is 5.56 Å². The highest BCUT2D eigenvalue weighted by molar-refractivity contribution is 5.78. The molecule has 148 valence electrons. The number of rotatable bonds is 4. The first kappa shape index (κ1) is 19.1. The monoisotopic (exact) mass is 396 g/mol. The predicted octanol–water partition coefficient (Wildman–Crippen LogP) is 8.66. The maximum atomic E-state index is 2.29. The van der Waals surface area contributed by atoms with Crippen LogP contribution in [0.2, 0.25) is 0 Å². The number of benzene rings is 5. The molecule has 0 aliphatic heterocycles. The number of aryl methyl sites for hydroxylation is 1. The fraction of sp³-hybridized carbons (Fsp3) is 0.0323. The molecular formula is C31H24. The van der Waals surface area contributed by atoms with Gasteiger partial charge in [0.2, 0.25) is 0 Å².